The molecule has 0 atom stereocenters. The van der Waals surface area contributed by atoms with Crippen LogP contribution in [0.25, 0.3) is 0 Å². The first-order chi connectivity index (χ1) is 9.52. The van der Waals surface area contributed by atoms with Crippen molar-refractivity contribution in [3.8, 4) is 0 Å². The fourth-order valence-corrected chi connectivity index (χ4v) is 2.02. The van der Waals surface area contributed by atoms with Crippen LogP contribution in [0, 0.1) is 10.1 Å². The number of rotatable bonds is 7. The first-order valence-corrected chi connectivity index (χ1v) is 7.31. The van der Waals surface area contributed by atoms with Gasteiger partial charge >= 0.3 is 0 Å². The van der Waals surface area contributed by atoms with Gasteiger partial charge in [-0.1, -0.05) is 19.1 Å². The van der Waals surface area contributed by atoms with E-state index >= 15 is 0 Å². The normalized spacial score (nSPS) is 11.2. The van der Waals surface area contributed by atoms with Gasteiger partial charge in [-0.05, 0) is 18.9 Å². The average Bonchev–Trinajstić information content (AvgIpc) is 2.45. The van der Waals surface area contributed by atoms with E-state index in [-0.39, 0.29) is 11.6 Å². The Kier molecular flexibility index (Phi) is 6.72. The number of benzene rings is 1. The van der Waals surface area contributed by atoms with E-state index < -0.39 is 4.92 Å². The highest BCUT2D eigenvalue weighted by molar-refractivity contribution is 7.99. The summed E-state index contributed by atoms with van der Waals surface area (Å²) in [5, 5.41) is 14.4. The van der Waals surface area contributed by atoms with Crippen molar-refractivity contribution < 1.29 is 9.72 Å². The van der Waals surface area contributed by atoms with Crippen molar-refractivity contribution in [2.45, 2.75) is 26.0 Å². The fourth-order valence-electron chi connectivity index (χ4n) is 1.24. The summed E-state index contributed by atoms with van der Waals surface area (Å²) in [6.45, 7) is 3.82. The fraction of sp³-hybridized carbons (Fsp3) is 0.385. The number of carbonyl (C=O) groups is 1. The van der Waals surface area contributed by atoms with E-state index in [2.05, 4.69) is 10.5 Å². The molecule has 0 aliphatic heterocycles. The zero-order valence-corrected chi connectivity index (χ0v) is 12.3. The smallest absolute Gasteiger partial charge is 0.269 e. The van der Waals surface area contributed by atoms with Gasteiger partial charge in [-0.2, -0.15) is 5.10 Å². The van der Waals surface area contributed by atoms with Crippen LogP contribution in [0.4, 0.5) is 5.69 Å². The lowest BCUT2D eigenvalue weighted by molar-refractivity contribution is -0.384. The number of nitro benzene ring substituents is 1. The predicted octanol–water partition coefficient (Wildman–Crippen LogP) is 2.73. The lowest BCUT2D eigenvalue weighted by atomic mass is 10.2. The molecular formula is C13H17N3O3S. The number of nitrogens with one attached hydrogen (secondary N) is 1. The summed E-state index contributed by atoms with van der Waals surface area (Å²) in [5.41, 5.74) is 4.37. The Bertz CT molecular complexity index is 500. The number of amides is 1. The van der Waals surface area contributed by atoms with Crippen LogP contribution in [0.3, 0.4) is 0 Å². The van der Waals surface area contributed by atoms with Crippen LogP contribution in [0.5, 0.6) is 0 Å². The topological polar surface area (TPSA) is 84.6 Å². The summed E-state index contributed by atoms with van der Waals surface area (Å²) in [4.78, 5) is 21.5. The number of nitro groups is 1. The third-order valence-corrected chi connectivity index (χ3v) is 3.54. The van der Waals surface area contributed by atoms with Gasteiger partial charge in [0.05, 0.1) is 10.7 Å². The van der Waals surface area contributed by atoms with Crippen LogP contribution in [0.15, 0.2) is 29.4 Å². The van der Waals surface area contributed by atoms with Crippen molar-refractivity contribution in [3.05, 3.63) is 39.9 Å². The molecule has 7 heteroatoms. The maximum Gasteiger partial charge on any atom is 0.269 e. The number of nitrogens with zero attached hydrogens (tertiary/aromatic N) is 2. The highest BCUT2D eigenvalue weighted by atomic mass is 32.2. The maximum absolute atomic E-state index is 11.5. The molecule has 1 N–H and O–H groups in total. The Morgan fingerprint density at radius 2 is 2.05 bits per heavy atom. The third-order valence-electron chi connectivity index (χ3n) is 2.53. The molecule has 0 bridgehead atoms. The molecule has 0 unspecified atom stereocenters. The van der Waals surface area contributed by atoms with Crippen LogP contribution in [0.1, 0.15) is 25.8 Å². The van der Waals surface area contributed by atoms with Gasteiger partial charge in [-0.15, -0.1) is 11.8 Å². The second-order valence-electron chi connectivity index (χ2n) is 4.15. The number of hydrazone groups is 1. The molecule has 0 radical (unpaired) electrons. The van der Waals surface area contributed by atoms with E-state index in [9.17, 15) is 14.9 Å². The first-order valence-electron chi connectivity index (χ1n) is 6.16. The summed E-state index contributed by atoms with van der Waals surface area (Å²) < 4.78 is 0. The molecule has 1 aromatic carbocycles. The average molecular weight is 295 g/mol. The van der Waals surface area contributed by atoms with E-state index in [0.29, 0.717) is 11.5 Å². The predicted molar refractivity (Wildman–Crippen MR) is 80.8 cm³/mol. The largest absolute Gasteiger partial charge is 0.272 e. The van der Waals surface area contributed by atoms with Crippen molar-refractivity contribution in [1.29, 1.82) is 0 Å². The lowest BCUT2D eigenvalue weighted by Gasteiger charge is -2.02. The van der Waals surface area contributed by atoms with Crippen molar-refractivity contribution in [1.82, 2.24) is 5.43 Å². The molecule has 1 amide bonds. The van der Waals surface area contributed by atoms with Gasteiger partial charge in [0.1, 0.15) is 0 Å². The van der Waals surface area contributed by atoms with Gasteiger partial charge in [-0.25, -0.2) is 5.43 Å². The number of non-ortho nitro benzene ring substituents is 1. The van der Waals surface area contributed by atoms with E-state index in [1.165, 1.54) is 23.9 Å². The van der Waals surface area contributed by atoms with Crippen molar-refractivity contribution in [2.24, 2.45) is 5.10 Å². The minimum absolute atomic E-state index is 0.0703. The molecule has 20 heavy (non-hydrogen) atoms. The van der Waals surface area contributed by atoms with Crippen molar-refractivity contribution >= 4 is 29.1 Å². The van der Waals surface area contributed by atoms with Crippen molar-refractivity contribution in [2.75, 3.05) is 5.75 Å². The molecule has 108 valence electrons. The summed E-state index contributed by atoms with van der Waals surface area (Å²) in [6.07, 6.45) is 0.802. The molecule has 6 nitrogen and oxygen atoms in total. The quantitative estimate of drug-likeness (QED) is 0.476. The molecule has 1 rings (SSSR count). The molecule has 0 aliphatic carbocycles. The van der Waals surface area contributed by atoms with Gasteiger partial charge < -0.3 is 0 Å². The molecule has 0 fully saturated rings. The Morgan fingerprint density at radius 1 is 1.40 bits per heavy atom. The van der Waals surface area contributed by atoms with Gasteiger partial charge in [0.25, 0.3) is 5.69 Å². The molecule has 1 aromatic rings. The zero-order valence-electron chi connectivity index (χ0n) is 11.5. The molecule has 0 aromatic heterocycles. The van der Waals surface area contributed by atoms with Crippen molar-refractivity contribution in [3.63, 3.8) is 0 Å². The number of hydrogen-bond acceptors (Lipinski definition) is 5. The van der Waals surface area contributed by atoms with Crippen LogP contribution in [-0.2, 0) is 10.5 Å². The van der Waals surface area contributed by atoms with Crippen LogP contribution < -0.4 is 5.43 Å². The van der Waals surface area contributed by atoms with Gasteiger partial charge in [-0.3, -0.25) is 14.9 Å². The number of hydrogen-bond donors (Lipinski definition) is 1. The molecule has 0 saturated carbocycles. The van der Waals surface area contributed by atoms with Crippen LogP contribution in [0.2, 0.25) is 0 Å². The third kappa shape index (κ3) is 5.83. The van der Waals surface area contributed by atoms with E-state index in [0.717, 1.165) is 17.7 Å². The number of carbonyl (C=O) groups excluding carboxylic acids is 1. The monoisotopic (exact) mass is 295 g/mol. The molecule has 0 heterocycles. The highest BCUT2D eigenvalue weighted by Gasteiger charge is 2.05. The van der Waals surface area contributed by atoms with Gasteiger partial charge in [0.2, 0.25) is 5.91 Å². The van der Waals surface area contributed by atoms with E-state index in [1.54, 1.807) is 12.1 Å². The van der Waals surface area contributed by atoms with Gasteiger partial charge in [0.15, 0.2) is 0 Å². The molecule has 0 saturated heterocycles. The summed E-state index contributed by atoms with van der Waals surface area (Å²) in [5.74, 6) is 0.782. The Hall–Kier alpha value is -1.89. The maximum atomic E-state index is 11.5. The van der Waals surface area contributed by atoms with Crippen LogP contribution >= 0.6 is 11.8 Å². The van der Waals surface area contributed by atoms with Gasteiger partial charge in [0, 0.05) is 23.6 Å². The first kappa shape index (κ1) is 16.2. The second-order valence-corrected chi connectivity index (χ2v) is 5.14. The second kappa shape index (κ2) is 8.31. The Labute approximate surface area is 121 Å². The summed E-state index contributed by atoms with van der Waals surface area (Å²) in [7, 11) is 0. The Morgan fingerprint density at radius 3 is 2.60 bits per heavy atom. The number of thioether (sulfide) groups is 1. The Balaban J connectivity index is 2.33. The van der Waals surface area contributed by atoms with E-state index in [4.69, 9.17) is 0 Å². The standard InChI is InChI=1S/C13H17N3O3S/c1-3-10(2)14-15-13(17)9-20-8-11-4-6-12(7-5-11)16(18)19/h4-7H,3,8-9H2,1-2H3,(H,15,17). The van der Waals surface area contributed by atoms with Crippen LogP contribution in [-0.4, -0.2) is 22.3 Å². The molecular weight excluding hydrogens is 278 g/mol. The van der Waals surface area contributed by atoms with E-state index in [1.807, 2.05) is 13.8 Å². The molecule has 0 spiro atoms. The lowest BCUT2D eigenvalue weighted by Crippen LogP contribution is -2.20. The minimum atomic E-state index is -0.432. The highest BCUT2D eigenvalue weighted by Crippen LogP contribution is 2.16. The summed E-state index contributed by atoms with van der Waals surface area (Å²) >= 11 is 1.44. The SMILES string of the molecule is CCC(C)=NNC(=O)CSCc1ccc([N+](=O)[O-])cc1. The zero-order chi connectivity index (χ0) is 15.0. The molecule has 0 aliphatic rings. The summed E-state index contributed by atoms with van der Waals surface area (Å²) in [6, 6.07) is 6.32. The minimum Gasteiger partial charge on any atom is -0.272 e.